The first-order valence-corrected chi connectivity index (χ1v) is 7.11. The molecule has 3 rings (SSSR count). The van der Waals surface area contributed by atoms with E-state index in [0.29, 0.717) is 18.2 Å². The van der Waals surface area contributed by atoms with Crippen molar-refractivity contribution >= 4 is 0 Å². The van der Waals surface area contributed by atoms with E-state index in [1.165, 1.54) is 52.0 Å². The van der Waals surface area contributed by atoms with Crippen LogP contribution in [-0.2, 0) is 4.74 Å². The molecule has 0 aliphatic carbocycles. The van der Waals surface area contributed by atoms with E-state index in [0.717, 1.165) is 6.54 Å². The van der Waals surface area contributed by atoms with Gasteiger partial charge in [-0.25, -0.2) is 0 Å². The van der Waals surface area contributed by atoms with Crippen molar-refractivity contribution in [3.05, 3.63) is 0 Å². The second kappa shape index (κ2) is 5.22. The lowest BCUT2D eigenvalue weighted by atomic mass is 9.95. The van der Waals surface area contributed by atoms with Crippen LogP contribution in [0.5, 0.6) is 0 Å². The van der Waals surface area contributed by atoms with Crippen LogP contribution in [0, 0.1) is 0 Å². The minimum atomic E-state index is 0.521. The van der Waals surface area contributed by atoms with E-state index in [-0.39, 0.29) is 0 Å². The molecule has 2 bridgehead atoms. The number of nitrogens with zero attached hydrogens (tertiary/aromatic N) is 2. The van der Waals surface area contributed by atoms with Crippen molar-refractivity contribution in [2.75, 3.05) is 46.3 Å². The fourth-order valence-electron chi connectivity index (χ4n) is 3.33. The second-order valence-corrected chi connectivity index (χ2v) is 5.82. The third kappa shape index (κ3) is 2.81. The largest absolute Gasteiger partial charge is 0.373 e. The fourth-order valence-corrected chi connectivity index (χ4v) is 3.33. The third-order valence-electron chi connectivity index (χ3n) is 4.54. The highest BCUT2D eigenvalue weighted by Gasteiger charge is 2.40. The minimum absolute atomic E-state index is 0.521. The topological polar surface area (TPSA) is 27.7 Å². The second-order valence-electron chi connectivity index (χ2n) is 5.82. The van der Waals surface area contributed by atoms with Gasteiger partial charge >= 0.3 is 0 Å². The summed E-state index contributed by atoms with van der Waals surface area (Å²) in [4.78, 5) is 4.98. The number of fused-ring (bicyclic) bond motifs is 2. The van der Waals surface area contributed by atoms with Crippen molar-refractivity contribution < 1.29 is 4.74 Å². The molecule has 3 atom stereocenters. The average Bonchev–Trinajstić information content (AvgIpc) is 2.94. The van der Waals surface area contributed by atoms with Gasteiger partial charge in [0.1, 0.15) is 0 Å². The zero-order valence-corrected chi connectivity index (χ0v) is 10.9. The van der Waals surface area contributed by atoms with Crippen LogP contribution in [0.2, 0.25) is 0 Å². The van der Waals surface area contributed by atoms with Gasteiger partial charge < -0.3 is 15.0 Å². The van der Waals surface area contributed by atoms with Crippen molar-refractivity contribution in [1.29, 1.82) is 0 Å². The molecule has 3 fully saturated rings. The molecule has 0 aromatic carbocycles. The van der Waals surface area contributed by atoms with E-state index in [1.807, 2.05) is 0 Å². The Morgan fingerprint density at radius 3 is 2.65 bits per heavy atom. The number of rotatable bonds is 4. The molecule has 4 nitrogen and oxygen atoms in total. The smallest absolute Gasteiger partial charge is 0.0733 e. The summed E-state index contributed by atoms with van der Waals surface area (Å²) in [5.74, 6) is 0. The predicted octanol–water partition coefficient (Wildman–Crippen LogP) is 0.143. The highest BCUT2D eigenvalue weighted by Crippen LogP contribution is 2.34. The normalized spacial score (nSPS) is 39.0. The molecule has 0 saturated carbocycles. The predicted molar refractivity (Wildman–Crippen MR) is 68.2 cm³/mol. The quantitative estimate of drug-likeness (QED) is 0.755. The molecule has 98 valence electrons. The number of hydrogen-bond acceptors (Lipinski definition) is 4. The molecule has 3 aliphatic rings. The first-order chi connectivity index (χ1) is 8.31. The van der Waals surface area contributed by atoms with Crippen LogP contribution in [0.3, 0.4) is 0 Å². The maximum Gasteiger partial charge on any atom is 0.0733 e. The summed E-state index contributed by atoms with van der Waals surface area (Å²) >= 11 is 0. The van der Waals surface area contributed by atoms with E-state index < -0.39 is 0 Å². The minimum Gasteiger partial charge on any atom is -0.373 e. The summed E-state index contributed by atoms with van der Waals surface area (Å²) in [5, 5.41) is 3.69. The number of piperazine rings is 1. The van der Waals surface area contributed by atoms with Crippen molar-refractivity contribution in [2.45, 2.75) is 37.5 Å². The van der Waals surface area contributed by atoms with Gasteiger partial charge in [-0.05, 0) is 26.3 Å². The zero-order chi connectivity index (χ0) is 11.7. The highest BCUT2D eigenvalue weighted by molar-refractivity contribution is 4.93. The summed E-state index contributed by atoms with van der Waals surface area (Å²) in [6.45, 7) is 7.22. The van der Waals surface area contributed by atoms with E-state index in [1.54, 1.807) is 0 Å². The molecule has 3 aliphatic heterocycles. The molecule has 0 amide bonds. The molecular weight excluding hydrogens is 214 g/mol. The van der Waals surface area contributed by atoms with Gasteiger partial charge in [-0.1, -0.05) is 0 Å². The summed E-state index contributed by atoms with van der Waals surface area (Å²) < 4.78 is 5.86. The van der Waals surface area contributed by atoms with Crippen molar-refractivity contribution in [2.24, 2.45) is 0 Å². The van der Waals surface area contributed by atoms with Gasteiger partial charge in [0, 0.05) is 45.3 Å². The lowest BCUT2D eigenvalue weighted by Crippen LogP contribution is -2.48. The first kappa shape index (κ1) is 11.9. The summed E-state index contributed by atoms with van der Waals surface area (Å²) in [5.41, 5.74) is 0. The first-order valence-electron chi connectivity index (χ1n) is 7.11. The molecular formula is C13H25N3O. The van der Waals surface area contributed by atoms with Gasteiger partial charge in [-0.3, -0.25) is 4.90 Å². The molecule has 3 heterocycles. The number of nitrogens with one attached hydrogen (secondary N) is 1. The van der Waals surface area contributed by atoms with Crippen molar-refractivity contribution in [3.63, 3.8) is 0 Å². The third-order valence-corrected chi connectivity index (χ3v) is 4.54. The molecule has 1 N–H and O–H groups in total. The van der Waals surface area contributed by atoms with Gasteiger partial charge in [-0.15, -0.1) is 0 Å². The molecule has 4 heteroatoms. The summed E-state index contributed by atoms with van der Waals surface area (Å²) in [6, 6.07) is 0.640. The SMILES string of the molecule is CN1CCN(CCNC2CC3CCC2O3)CC1. The Hall–Kier alpha value is -0.160. The standard InChI is InChI=1S/C13H25N3O/c1-15-6-8-16(9-7-15)5-4-14-12-10-11-2-3-13(12)17-11/h11-14H,2-10H2,1H3. The number of hydrogen-bond donors (Lipinski definition) is 1. The van der Waals surface area contributed by atoms with Crippen LogP contribution in [0.4, 0.5) is 0 Å². The maximum atomic E-state index is 5.86. The summed E-state index contributed by atoms with van der Waals surface area (Å²) in [6.07, 6.45) is 4.90. The molecule has 3 saturated heterocycles. The van der Waals surface area contributed by atoms with Crippen LogP contribution in [-0.4, -0.2) is 74.4 Å². The molecule has 3 unspecified atom stereocenters. The van der Waals surface area contributed by atoms with Crippen molar-refractivity contribution in [3.8, 4) is 0 Å². The Labute approximate surface area is 104 Å². The van der Waals surface area contributed by atoms with E-state index in [2.05, 4.69) is 22.2 Å². The van der Waals surface area contributed by atoms with Crippen LogP contribution in [0.15, 0.2) is 0 Å². The molecule has 0 aromatic rings. The Morgan fingerprint density at radius 2 is 2.00 bits per heavy atom. The monoisotopic (exact) mass is 239 g/mol. The number of ether oxygens (including phenoxy) is 1. The molecule has 0 radical (unpaired) electrons. The zero-order valence-electron chi connectivity index (χ0n) is 10.9. The van der Waals surface area contributed by atoms with Crippen LogP contribution in [0.25, 0.3) is 0 Å². The fraction of sp³-hybridized carbons (Fsp3) is 1.00. The average molecular weight is 239 g/mol. The van der Waals surface area contributed by atoms with Crippen LogP contribution >= 0.6 is 0 Å². The van der Waals surface area contributed by atoms with Crippen LogP contribution < -0.4 is 5.32 Å². The number of likely N-dealkylation sites (N-methyl/N-ethyl adjacent to an activating group) is 1. The van der Waals surface area contributed by atoms with E-state index in [9.17, 15) is 0 Å². The molecule has 0 spiro atoms. The van der Waals surface area contributed by atoms with Gasteiger partial charge in [-0.2, -0.15) is 0 Å². The highest BCUT2D eigenvalue weighted by atomic mass is 16.5. The lowest BCUT2D eigenvalue weighted by Gasteiger charge is -2.32. The Balaban J connectivity index is 1.33. The Bertz CT molecular complexity index is 253. The van der Waals surface area contributed by atoms with Gasteiger partial charge in [0.05, 0.1) is 12.2 Å². The lowest BCUT2D eigenvalue weighted by molar-refractivity contribution is 0.0963. The van der Waals surface area contributed by atoms with Gasteiger partial charge in [0.2, 0.25) is 0 Å². The maximum absolute atomic E-state index is 5.86. The van der Waals surface area contributed by atoms with Gasteiger partial charge in [0.15, 0.2) is 0 Å². The van der Waals surface area contributed by atoms with Crippen molar-refractivity contribution in [1.82, 2.24) is 15.1 Å². The Kier molecular flexibility index (Phi) is 3.66. The van der Waals surface area contributed by atoms with Gasteiger partial charge in [0.25, 0.3) is 0 Å². The summed E-state index contributed by atoms with van der Waals surface area (Å²) in [7, 11) is 2.21. The van der Waals surface area contributed by atoms with Crippen LogP contribution in [0.1, 0.15) is 19.3 Å². The molecule has 17 heavy (non-hydrogen) atoms. The van der Waals surface area contributed by atoms with E-state index in [4.69, 9.17) is 4.74 Å². The van der Waals surface area contributed by atoms with E-state index >= 15 is 0 Å². The Morgan fingerprint density at radius 1 is 1.18 bits per heavy atom. The molecule has 0 aromatic heterocycles.